The van der Waals surface area contributed by atoms with Gasteiger partial charge in [0.15, 0.2) is 12.3 Å². The third-order valence-electron chi connectivity index (χ3n) is 7.64. The number of aliphatic hydroxyl groups excluding tert-OH is 2. The van der Waals surface area contributed by atoms with Gasteiger partial charge in [-0.3, -0.25) is 4.68 Å². The molecule has 5 rings (SSSR count). The molecule has 1 saturated carbocycles. The molecule has 0 radical (unpaired) electrons. The molecule has 0 aliphatic heterocycles. The highest BCUT2D eigenvalue weighted by atomic mass is 19.2. The van der Waals surface area contributed by atoms with Crippen molar-refractivity contribution in [2.24, 2.45) is 12.5 Å². The van der Waals surface area contributed by atoms with Crippen LogP contribution in [-0.4, -0.2) is 62.0 Å². The largest absolute Gasteiger partial charge is 0.494 e. The third-order valence-corrected chi connectivity index (χ3v) is 7.64. The van der Waals surface area contributed by atoms with Gasteiger partial charge in [0.25, 0.3) is 0 Å². The highest BCUT2D eigenvalue weighted by molar-refractivity contribution is 5.78. The fourth-order valence-corrected chi connectivity index (χ4v) is 5.00. The number of hydrogen-bond acceptors (Lipinski definition) is 6. The second-order valence-corrected chi connectivity index (χ2v) is 10.0. The van der Waals surface area contributed by atoms with Crippen molar-refractivity contribution in [2.75, 3.05) is 20.3 Å². The SMILES string of the molecule is CNCc1cnc2ccc(C3=C(OCCc4c(C(O)C5(CO)CC5)nn(C)c4C)C(F)C(F)C=C3)cn12. The number of hydrogen-bond donors (Lipinski definition) is 3. The summed E-state index contributed by atoms with van der Waals surface area (Å²) in [4.78, 5) is 4.39. The predicted molar refractivity (Wildman–Crippen MR) is 135 cm³/mol. The van der Waals surface area contributed by atoms with Crippen LogP contribution in [0.1, 0.15) is 47.2 Å². The van der Waals surface area contributed by atoms with Gasteiger partial charge in [-0.1, -0.05) is 6.08 Å². The smallest absolute Gasteiger partial charge is 0.192 e. The molecule has 0 amide bonds. The molecule has 8 nitrogen and oxygen atoms in total. The lowest BCUT2D eigenvalue weighted by Crippen LogP contribution is -2.24. The molecule has 3 aromatic rings. The van der Waals surface area contributed by atoms with Crippen molar-refractivity contribution in [1.29, 1.82) is 0 Å². The Hall–Kier alpha value is -3.08. The Kier molecular flexibility index (Phi) is 6.91. The Morgan fingerprint density at radius 2 is 2.08 bits per heavy atom. The summed E-state index contributed by atoms with van der Waals surface area (Å²) in [7, 11) is 3.64. The van der Waals surface area contributed by atoms with E-state index in [1.165, 1.54) is 6.08 Å². The van der Waals surface area contributed by atoms with Crippen LogP contribution in [-0.2, 0) is 24.8 Å². The van der Waals surface area contributed by atoms with Gasteiger partial charge < -0.3 is 24.7 Å². The van der Waals surface area contributed by atoms with Gasteiger partial charge in [0.2, 0.25) is 0 Å². The van der Waals surface area contributed by atoms with E-state index in [4.69, 9.17) is 4.74 Å². The van der Waals surface area contributed by atoms with E-state index in [0.29, 0.717) is 29.8 Å². The second-order valence-electron chi connectivity index (χ2n) is 10.0. The van der Waals surface area contributed by atoms with E-state index in [-0.39, 0.29) is 19.0 Å². The van der Waals surface area contributed by atoms with Crippen molar-refractivity contribution in [1.82, 2.24) is 24.5 Å². The summed E-state index contributed by atoms with van der Waals surface area (Å²) in [5, 5.41) is 28.3. The van der Waals surface area contributed by atoms with E-state index in [2.05, 4.69) is 15.4 Å². The van der Waals surface area contributed by atoms with Crippen molar-refractivity contribution in [3.8, 4) is 0 Å². The number of fused-ring (bicyclic) bond motifs is 1. The van der Waals surface area contributed by atoms with Gasteiger partial charge in [-0.2, -0.15) is 5.10 Å². The number of nitrogens with zero attached hydrogens (tertiary/aromatic N) is 4. The van der Waals surface area contributed by atoms with Crippen LogP contribution >= 0.6 is 0 Å². The molecule has 0 aromatic carbocycles. The number of aryl methyl sites for hydroxylation is 1. The fourth-order valence-electron chi connectivity index (χ4n) is 5.00. The summed E-state index contributed by atoms with van der Waals surface area (Å²) in [6.45, 7) is 2.47. The zero-order chi connectivity index (χ0) is 26.3. The van der Waals surface area contributed by atoms with Crippen LogP contribution in [0.2, 0.25) is 0 Å². The van der Waals surface area contributed by atoms with Crippen molar-refractivity contribution >= 4 is 11.2 Å². The number of aliphatic hydroxyl groups is 2. The molecule has 3 unspecified atom stereocenters. The summed E-state index contributed by atoms with van der Waals surface area (Å²) < 4.78 is 39.1. The minimum atomic E-state index is -1.93. The molecule has 2 aliphatic rings. The summed E-state index contributed by atoms with van der Waals surface area (Å²) in [5.41, 5.74) is 4.48. The first-order valence-corrected chi connectivity index (χ1v) is 12.5. The molecule has 3 N–H and O–H groups in total. The monoisotopic (exact) mass is 513 g/mol. The molecule has 37 heavy (non-hydrogen) atoms. The summed E-state index contributed by atoms with van der Waals surface area (Å²) >= 11 is 0. The van der Waals surface area contributed by atoms with Crippen LogP contribution in [0.25, 0.3) is 11.2 Å². The summed E-state index contributed by atoms with van der Waals surface area (Å²) in [5.74, 6) is -0.0534. The van der Waals surface area contributed by atoms with E-state index in [1.807, 2.05) is 36.7 Å². The van der Waals surface area contributed by atoms with E-state index in [9.17, 15) is 14.6 Å². The Bertz CT molecular complexity index is 1360. The maximum Gasteiger partial charge on any atom is 0.192 e. The van der Waals surface area contributed by atoms with Crippen LogP contribution in [0, 0.1) is 12.3 Å². The molecule has 0 saturated heterocycles. The number of pyridine rings is 1. The number of alkyl halides is 2. The average molecular weight is 514 g/mol. The average Bonchev–Trinajstić information content (AvgIpc) is 3.53. The van der Waals surface area contributed by atoms with Crippen molar-refractivity contribution in [3.63, 3.8) is 0 Å². The van der Waals surface area contributed by atoms with Gasteiger partial charge in [0, 0.05) is 54.0 Å². The lowest BCUT2D eigenvalue weighted by Gasteiger charge is -2.23. The highest BCUT2D eigenvalue weighted by Gasteiger charge is 2.50. The van der Waals surface area contributed by atoms with Gasteiger partial charge in [-0.05, 0) is 45.0 Å². The third kappa shape index (κ3) is 4.58. The lowest BCUT2D eigenvalue weighted by molar-refractivity contribution is 0.0457. The van der Waals surface area contributed by atoms with Crippen LogP contribution in [0.3, 0.4) is 0 Å². The molecule has 2 aliphatic carbocycles. The normalized spacial score (nSPS) is 21.6. The Morgan fingerprint density at radius 1 is 1.30 bits per heavy atom. The summed E-state index contributed by atoms with van der Waals surface area (Å²) in [6.07, 6.45) is 3.60. The van der Waals surface area contributed by atoms with Crippen molar-refractivity contribution in [2.45, 2.75) is 51.2 Å². The van der Waals surface area contributed by atoms with Crippen LogP contribution in [0.4, 0.5) is 8.78 Å². The Morgan fingerprint density at radius 3 is 2.78 bits per heavy atom. The maximum atomic E-state index is 15.1. The number of allylic oxidation sites excluding steroid dienone is 4. The van der Waals surface area contributed by atoms with E-state index < -0.39 is 23.9 Å². The lowest BCUT2D eigenvalue weighted by atomic mass is 9.93. The number of halogens is 2. The molecule has 10 heteroatoms. The van der Waals surface area contributed by atoms with Crippen LogP contribution in [0.15, 0.2) is 42.4 Å². The topological polar surface area (TPSA) is 96.8 Å². The van der Waals surface area contributed by atoms with Gasteiger partial charge >= 0.3 is 0 Å². The van der Waals surface area contributed by atoms with Gasteiger partial charge in [-0.15, -0.1) is 0 Å². The van der Waals surface area contributed by atoms with Gasteiger partial charge in [0.1, 0.15) is 17.5 Å². The first-order chi connectivity index (χ1) is 17.8. The number of nitrogens with one attached hydrogen (secondary N) is 1. The number of ether oxygens (including phenoxy) is 1. The number of aromatic nitrogens is 4. The molecular weight excluding hydrogens is 480 g/mol. The van der Waals surface area contributed by atoms with E-state index >= 15 is 4.39 Å². The van der Waals surface area contributed by atoms with E-state index in [0.717, 1.165) is 35.4 Å². The quantitative estimate of drug-likeness (QED) is 0.386. The second kappa shape index (κ2) is 10.00. The first kappa shape index (κ1) is 25.6. The van der Waals surface area contributed by atoms with Crippen molar-refractivity contribution < 1.29 is 23.7 Å². The molecule has 3 atom stereocenters. The summed E-state index contributed by atoms with van der Waals surface area (Å²) in [6, 6.07) is 3.66. The molecule has 198 valence electrons. The predicted octanol–water partition coefficient (Wildman–Crippen LogP) is 3.12. The van der Waals surface area contributed by atoms with Gasteiger partial charge in [-0.25, -0.2) is 13.8 Å². The number of imidazole rings is 1. The van der Waals surface area contributed by atoms with Crippen molar-refractivity contribution in [3.05, 3.63) is 70.6 Å². The maximum absolute atomic E-state index is 15.1. The molecular formula is C27H33F2N5O3. The van der Waals surface area contributed by atoms with E-state index in [1.54, 1.807) is 24.0 Å². The minimum absolute atomic E-state index is 0.0534. The number of rotatable bonds is 10. The molecule has 0 spiro atoms. The molecule has 0 bridgehead atoms. The zero-order valence-electron chi connectivity index (χ0n) is 21.3. The fraction of sp³-hybridized carbons (Fsp3) is 0.481. The zero-order valence-corrected chi connectivity index (χ0v) is 21.3. The standard InChI is InChI=1S/C27H33F2N5O3/c1-16-19(24(32-33(16)3)26(36)27(15-35)9-10-27)8-11-37-25-20(5-6-21(28)23(25)29)17-4-7-22-31-13-18(12-30-2)34(22)14-17/h4-7,13-14,21,23,26,30,35-36H,8-12,15H2,1-3H3. The Balaban J connectivity index is 1.42. The highest BCUT2D eigenvalue weighted by Crippen LogP contribution is 2.54. The Labute approximate surface area is 214 Å². The molecule has 3 heterocycles. The molecule has 3 aromatic heterocycles. The minimum Gasteiger partial charge on any atom is -0.494 e. The van der Waals surface area contributed by atoms with Crippen LogP contribution in [0.5, 0.6) is 0 Å². The first-order valence-electron chi connectivity index (χ1n) is 12.5. The molecule has 1 fully saturated rings. The van der Waals surface area contributed by atoms with Crippen LogP contribution < -0.4 is 5.32 Å². The van der Waals surface area contributed by atoms with Gasteiger partial charge in [0.05, 0.1) is 30.8 Å².